The van der Waals surface area contributed by atoms with E-state index < -0.39 is 0 Å². The zero-order chi connectivity index (χ0) is 14.4. The van der Waals surface area contributed by atoms with Crippen molar-refractivity contribution in [1.82, 2.24) is 10.2 Å². The molecule has 1 amide bonds. The Labute approximate surface area is 120 Å². The second-order valence-electron chi connectivity index (χ2n) is 4.00. The minimum Gasteiger partial charge on any atom is -0.395 e. The van der Waals surface area contributed by atoms with Gasteiger partial charge in [0.1, 0.15) is 5.51 Å². The lowest BCUT2D eigenvalue weighted by molar-refractivity contribution is 0.102. The van der Waals surface area contributed by atoms with Crippen LogP contribution < -0.4 is 5.32 Å². The summed E-state index contributed by atoms with van der Waals surface area (Å²) in [6.07, 6.45) is 0.417. The summed E-state index contributed by atoms with van der Waals surface area (Å²) in [4.78, 5) is 12.0. The average Bonchev–Trinajstić information content (AvgIpc) is 2.94. The first-order valence-corrected chi connectivity index (χ1v) is 6.86. The van der Waals surface area contributed by atoms with Crippen molar-refractivity contribution < 1.29 is 9.90 Å². The van der Waals surface area contributed by atoms with Gasteiger partial charge < -0.3 is 5.11 Å². The third-order valence-electron chi connectivity index (χ3n) is 2.54. The molecule has 102 valence electrons. The van der Waals surface area contributed by atoms with Gasteiger partial charge in [0.2, 0.25) is 5.13 Å². The number of aryl methyl sites for hydroxylation is 1. The fraction of sp³-hybridized carbons (Fsp3) is 0.214. The van der Waals surface area contributed by atoms with Gasteiger partial charge in [-0.1, -0.05) is 29.2 Å². The van der Waals surface area contributed by atoms with Crippen molar-refractivity contribution in [3.63, 3.8) is 0 Å². The lowest BCUT2D eigenvalue weighted by atomic mass is 10.0. The number of hydrogen-bond acceptors (Lipinski definition) is 5. The van der Waals surface area contributed by atoms with Crippen LogP contribution in [0.5, 0.6) is 0 Å². The molecule has 0 bridgehead atoms. The number of nitrogens with one attached hydrogen (secondary N) is 1. The molecule has 0 saturated heterocycles. The van der Waals surface area contributed by atoms with Gasteiger partial charge in [-0.15, -0.1) is 10.2 Å². The molecule has 0 saturated carbocycles. The first-order valence-electron chi connectivity index (χ1n) is 5.98. The summed E-state index contributed by atoms with van der Waals surface area (Å²) < 4.78 is 0. The van der Waals surface area contributed by atoms with Crippen LogP contribution in [0.25, 0.3) is 0 Å². The molecule has 2 rings (SSSR count). The molecular weight excluding hydrogens is 274 g/mol. The summed E-state index contributed by atoms with van der Waals surface area (Å²) >= 11 is 1.26. The summed E-state index contributed by atoms with van der Waals surface area (Å²) in [5, 5.41) is 19.3. The lowest BCUT2D eigenvalue weighted by Gasteiger charge is -2.04. The fourth-order valence-electron chi connectivity index (χ4n) is 1.51. The highest BCUT2D eigenvalue weighted by molar-refractivity contribution is 7.13. The highest BCUT2D eigenvalue weighted by atomic mass is 32.1. The molecule has 0 unspecified atom stereocenters. The SMILES string of the molecule is Cc1ccc(C(=O)Nc2nncs2)cc1C#CCCO. The maximum atomic E-state index is 12.0. The van der Waals surface area contributed by atoms with Crippen molar-refractivity contribution in [3.8, 4) is 11.8 Å². The van der Waals surface area contributed by atoms with Crippen LogP contribution >= 0.6 is 11.3 Å². The van der Waals surface area contributed by atoms with Gasteiger partial charge in [0.15, 0.2) is 0 Å². The molecule has 6 heteroatoms. The molecule has 5 nitrogen and oxygen atoms in total. The van der Waals surface area contributed by atoms with Crippen LogP contribution in [0, 0.1) is 18.8 Å². The Morgan fingerprint density at radius 3 is 3.05 bits per heavy atom. The summed E-state index contributed by atoms with van der Waals surface area (Å²) in [7, 11) is 0. The minimum absolute atomic E-state index is 0.0310. The van der Waals surface area contributed by atoms with Crippen LogP contribution in [0.4, 0.5) is 5.13 Å². The van der Waals surface area contributed by atoms with Crippen LogP contribution in [0.3, 0.4) is 0 Å². The van der Waals surface area contributed by atoms with Crippen molar-refractivity contribution in [2.75, 3.05) is 11.9 Å². The number of aliphatic hydroxyl groups is 1. The topological polar surface area (TPSA) is 75.1 Å². The Morgan fingerprint density at radius 2 is 2.35 bits per heavy atom. The molecule has 0 aliphatic rings. The lowest BCUT2D eigenvalue weighted by Crippen LogP contribution is -2.12. The second-order valence-corrected chi connectivity index (χ2v) is 4.84. The number of carbonyl (C=O) groups excluding carboxylic acids is 1. The van der Waals surface area contributed by atoms with Gasteiger partial charge in [-0.05, 0) is 24.6 Å². The van der Waals surface area contributed by atoms with Crippen LogP contribution in [0.2, 0.25) is 0 Å². The largest absolute Gasteiger partial charge is 0.395 e. The predicted octanol–water partition coefficient (Wildman–Crippen LogP) is 1.83. The molecule has 20 heavy (non-hydrogen) atoms. The number of benzene rings is 1. The molecule has 0 radical (unpaired) electrons. The van der Waals surface area contributed by atoms with E-state index >= 15 is 0 Å². The molecule has 0 spiro atoms. The molecule has 1 aromatic heterocycles. The molecule has 0 atom stereocenters. The van der Waals surface area contributed by atoms with Crippen LogP contribution in [0.15, 0.2) is 23.7 Å². The van der Waals surface area contributed by atoms with Gasteiger partial charge >= 0.3 is 0 Å². The van der Waals surface area contributed by atoms with Gasteiger partial charge in [0, 0.05) is 17.5 Å². The van der Waals surface area contributed by atoms with Crippen molar-refractivity contribution in [3.05, 3.63) is 40.4 Å². The Balaban J connectivity index is 2.18. The number of carbonyl (C=O) groups is 1. The fourth-order valence-corrected chi connectivity index (χ4v) is 1.95. The summed E-state index contributed by atoms with van der Waals surface area (Å²) in [5.74, 6) is 5.56. The smallest absolute Gasteiger partial charge is 0.257 e. The zero-order valence-corrected chi connectivity index (χ0v) is 11.7. The van der Waals surface area contributed by atoms with Gasteiger partial charge in [-0.25, -0.2) is 0 Å². The number of nitrogens with zero attached hydrogens (tertiary/aromatic N) is 2. The molecule has 1 heterocycles. The molecule has 1 aromatic carbocycles. The number of aromatic nitrogens is 2. The Bertz CT molecular complexity index is 657. The number of hydrogen-bond donors (Lipinski definition) is 2. The monoisotopic (exact) mass is 287 g/mol. The first kappa shape index (κ1) is 14.2. The maximum absolute atomic E-state index is 12.0. The third-order valence-corrected chi connectivity index (χ3v) is 3.15. The van der Waals surface area contributed by atoms with E-state index in [-0.39, 0.29) is 12.5 Å². The van der Waals surface area contributed by atoms with Crippen molar-refractivity contribution in [2.24, 2.45) is 0 Å². The first-order chi connectivity index (χ1) is 9.70. The standard InChI is InChI=1S/C14H13N3O2S/c1-10-5-6-12(8-11(10)4-2-3-7-18)13(19)16-14-17-15-9-20-14/h5-6,8-9,18H,3,7H2,1H3,(H,16,17,19). The Hall–Kier alpha value is -2.23. The highest BCUT2D eigenvalue weighted by Crippen LogP contribution is 2.14. The molecule has 0 aliphatic heterocycles. The number of anilines is 1. The van der Waals surface area contributed by atoms with E-state index in [9.17, 15) is 4.79 Å². The number of amides is 1. The van der Waals surface area contributed by atoms with Gasteiger partial charge in [-0.3, -0.25) is 10.1 Å². The molecule has 0 fully saturated rings. The van der Waals surface area contributed by atoms with E-state index in [1.165, 1.54) is 11.3 Å². The molecular formula is C14H13N3O2S. The molecule has 0 aliphatic carbocycles. The van der Waals surface area contributed by atoms with Crippen molar-refractivity contribution in [2.45, 2.75) is 13.3 Å². The summed E-state index contributed by atoms with van der Waals surface area (Å²) in [5.41, 5.74) is 3.83. The summed E-state index contributed by atoms with van der Waals surface area (Å²) in [6, 6.07) is 5.32. The molecule has 2 aromatic rings. The quantitative estimate of drug-likeness (QED) is 0.845. The highest BCUT2D eigenvalue weighted by Gasteiger charge is 2.09. The molecule has 2 N–H and O–H groups in total. The van der Waals surface area contributed by atoms with Crippen molar-refractivity contribution >= 4 is 22.4 Å². The maximum Gasteiger partial charge on any atom is 0.257 e. The minimum atomic E-state index is -0.244. The number of rotatable bonds is 3. The van der Waals surface area contributed by atoms with Crippen LogP contribution in [-0.4, -0.2) is 27.8 Å². The Morgan fingerprint density at radius 1 is 1.50 bits per heavy atom. The second kappa shape index (κ2) is 6.80. The average molecular weight is 287 g/mol. The normalized spacial score (nSPS) is 9.70. The van der Waals surface area contributed by atoms with E-state index in [1.54, 1.807) is 17.6 Å². The van der Waals surface area contributed by atoms with Gasteiger partial charge in [0.05, 0.1) is 6.61 Å². The van der Waals surface area contributed by atoms with E-state index in [2.05, 4.69) is 27.4 Å². The van der Waals surface area contributed by atoms with Crippen molar-refractivity contribution in [1.29, 1.82) is 0 Å². The Kier molecular flexibility index (Phi) is 4.82. The summed E-state index contributed by atoms with van der Waals surface area (Å²) in [6.45, 7) is 1.96. The van der Waals surface area contributed by atoms with E-state index in [0.717, 1.165) is 11.1 Å². The van der Waals surface area contributed by atoms with E-state index in [0.29, 0.717) is 17.1 Å². The predicted molar refractivity (Wildman–Crippen MR) is 77.6 cm³/mol. The van der Waals surface area contributed by atoms with Gasteiger partial charge in [0.25, 0.3) is 5.91 Å². The van der Waals surface area contributed by atoms with E-state index in [4.69, 9.17) is 5.11 Å². The number of aliphatic hydroxyl groups excluding tert-OH is 1. The van der Waals surface area contributed by atoms with Crippen LogP contribution in [0.1, 0.15) is 27.9 Å². The third kappa shape index (κ3) is 3.63. The van der Waals surface area contributed by atoms with E-state index in [1.807, 2.05) is 13.0 Å². The van der Waals surface area contributed by atoms with Gasteiger partial charge in [-0.2, -0.15) is 0 Å². The zero-order valence-electron chi connectivity index (χ0n) is 10.9. The van der Waals surface area contributed by atoms with Crippen LogP contribution in [-0.2, 0) is 0 Å².